The van der Waals surface area contributed by atoms with Gasteiger partial charge in [0.15, 0.2) is 0 Å². The molecule has 1 saturated heterocycles. The van der Waals surface area contributed by atoms with Gasteiger partial charge in [-0.25, -0.2) is 12.7 Å². The largest absolute Gasteiger partial charge is 0.530 e. The first-order valence-electron chi connectivity index (χ1n) is 11.9. The van der Waals surface area contributed by atoms with E-state index >= 15 is 0 Å². The molecule has 1 heterocycles. The third-order valence-electron chi connectivity index (χ3n) is 5.81. The first-order valence-corrected chi connectivity index (χ1v) is 13.4. The molecule has 1 aliphatic heterocycles. The lowest BCUT2D eigenvalue weighted by Crippen LogP contribution is -2.61. The zero-order valence-electron chi connectivity index (χ0n) is 21.0. The van der Waals surface area contributed by atoms with Crippen LogP contribution in [0.1, 0.15) is 19.4 Å². The van der Waals surface area contributed by atoms with Crippen molar-refractivity contribution in [3.8, 4) is 0 Å². The smallest absolute Gasteiger partial charge is 0.311 e. The van der Waals surface area contributed by atoms with Gasteiger partial charge in [-0.1, -0.05) is 62.4 Å². The van der Waals surface area contributed by atoms with Crippen LogP contribution in [0.25, 0.3) is 0 Å². The fourth-order valence-electron chi connectivity index (χ4n) is 4.03. The molecule has 1 aliphatic rings. The summed E-state index contributed by atoms with van der Waals surface area (Å²) in [5.74, 6) is -4.99. The van der Waals surface area contributed by atoms with Crippen LogP contribution in [0.2, 0.25) is 0 Å². The highest BCUT2D eigenvalue weighted by Gasteiger charge is 2.42. The van der Waals surface area contributed by atoms with Crippen molar-refractivity contribution in [1.29, 1.82) is 0 Å². The Hall–Kier alpha value is -3.61. The van der Waals surface area contributed by atoms with E-state index in [9.17, 15) is 32.7 Å². The van der Waals surface area contributed by atoms with Crippen LogP contribution in [0.15, 0.2) is 65.6 Å². The number of hydrogen-bond donors (Lipinski definition) is 0. The lowest BCUT2D eigenvalue weighted by Gasteiger charge is -2.40. The topological polar surface area (TPSA) is 150 Å². The average molecular weight is 546 g/mol. The van der Waals surface area contributed by atoms with Crippen molar-refractivity contribution >= 4 is 33.6 Å². The number of sulfonamides is 1. The number of amides is 2. The number of benzene rings is 2. The summed E-state index contributed by atoms with van der Waals surface area (Å²) in [6.45, 7) is 2.59. The minimum atomic E-state index is -4.49. The fraction of sp³-hybridized carbons (Fsp3) is 0.385. The van der Waals surface area contributed by atoms with Crippen LogP contribution in [0.3, 0.4) is 0 Å². The maximum absolute atomic E-state index is 13.5. The molecule has 3 rings (SSSR count). The molecule has 2 amide bonds. The van der Waals surface area contributed by atoms with Gasteiger partial charge in [-0.05, 0) is 23.6 Å². The average Bonchev–Trinajstić information content (AvgIpc) is 2.91. The van der Waals surface area contributed by atoms with Gasteiger partial charge in [0.1, 0.15) is 18.9 Å². The predicted molar refractivity (Wildman–Crippen MR) is 132 cm³/mol. The Bertz CT molecular complexity index is 1240. The SMILES string of the molecule is CC(C)CN(C(=O)C(=O)C(=O)C(Cc1ccccc1)N(C(=O)[O-])C1COCOC1)S(=O)(=O)c1ccccc1. The van der Waals surface area contributed by atoms with Crippen molar-refractivity contribution in [2.24, 2.45) is 5.92 Å². The van der Waals surface area contributed by atoms with E-state index in [2.05, 4.69) is 0 Å². The van der Waals surface area contributed by atoms with Crippen LogP contribution in [0.5, 0.6) is 0 Å². The third-order valence-corrected chi connectivity index (χ3v) is 7.57. The molecule has 2 aromatic carbocycles. The van der Waals surface area contributed by atoms with Crippen LogP contribution >= 0.6 is 0 Å². The number of carbonyl (C=O) groups excluding carboxylic acids is 4. The van der Waals surface area contributed by atoms with E-state index < -0.39 is 45.7 Å². The molecule has 1 fully saturated rings. The number of rotatable bonds is 11. The maximum atomic E-state index is 13.5. The quantitative estimate of drug-likeness (QED) is 0.292. The molecular formula is C26H29N2O9S-. The van der Waals surface area contributed by atoms with Crippen molar-refractivity contribution in [2.75, 3.05) is 26.6 Å². The summed E-state index contributed by atoms with van der Waals surface area (Å²) in [4.78, 5) is 52.7. The highest BCUT2D eigenvalue weighted by atomic mass is 32.2. The summed E-state index contributed by atoms with van der Waals surface area (Å²) in [6, 6.07) is 12.6. The summed E-state index contributed by atoms with van der Waals surface area (Å²) in [5, 5.41) is 12.2. The molecule has 11 nitrogen and oxygen atoms in total. The van der Waals surface area contributed by atoms with E-state index in [0.717, 1.165) is 0 Å². The predicted octanol–water partition coefficient (Wildman–Crippen LogP) is 0.628. The fourth-order valence-corrected chi connectivity index (χ4v) is 5.58. The van der Waals surface area contributed by atoms with Crippen LogP contribution in [0, 0.1) is 5.92 Å². The minimum Gasteiger partial charge on any atom is -0.530 e. The minimum absolute atomic E-state index is 0.0758. The summed E-state index contributed by atoms with van der Waals surface area (Å²) in [7, 11) is -4.49. The van der Waals surface area contributed by atoms with Crippen LogP contribution in [-0.2, 0) is 40.3 Å². The molecule has 0 bridgehead atoms. The molecule has 0 N–H and O–H groups in total. The van der Waals surface area contributed by atoms with Crippen molar-refractivity contribution in [3.05, 3.63) is 66.2 Å². The van der Waals surface area contributed by atoms with Crippen molar-refractivity contribution in [3.63, 3.8) is 0 Å². The summed E-state index contributed by atoms with van der Waals surface area (Å²) < 4.78 is 37.3. The van der Waals surface area contributed by atoms with Gasteiger partial charge in [0.05, 0.1) is 24.2 Å². The molecule has 0 aromatic heterocycles. The summed E-state index contributed by atoms with van der Waals surface area (Å²) in [6.07, 6.45) is -2.03. The van der Waals surface area contributed by atoms with Gasteiger partial charge in [-0.3, -0.25) is 14.4 Å². The zero-order chi connectivity index (χ0) is 27.9. The Morgan fingerprint density at radius 2 is 1.50 bits per heavy atom. The van der Waals surface area contributed by atoms with E-state index in [0.29, 0.717) is 14.8 Å². The molecule has 204 valence electrons. The van der Waals surface area contributed by atoms with Crippen LogP contribution in [0.4, 0.5) is 4.79 Å². The number of Topliss-reactive ketones (excluding diaryl/α,β-unsaturated/α-hetero) is 2. The Kier molecular flexibility index (Phi) is 9.72. The van der Waals surface area contributed by atoms with Gasteiger partial charge >= 0.3 is 5.91 Å². The monoisotopic (exact) mass is 545 g/mol. The van der Waals surface area contributed by atoms with E-state index in [1.54, 1.807) is 50.2 Å². The molecule has 1 atom stereocenters. The molecule has 12 heteroatoms. The Labute approximate surface area is 221 Å². The van der Waals surface area contributed by atoms with E-state index in [-0.39, 0.29) is 43.8 Å². The Morgan fingerprint density at radius 3 is 2.03 bits per heavy atom. The number of carbonyl (C=O) groups is 4. The second-order valence-electron chi connectivity index (χ2n) is 9.13. The van der Waals surface area contributed by atoms with E-state index in [1.165, 1.54) is 24.3 Å². The zero-order valence-corrected chi connectivity index (χ0v) is 21.8. The molecule has 0 saturated carbocycles. The number of ketones is 2. The van der Waals surface area contributed by atoms with Gasteiger partial charge in [0.25, 0.3) is 15.8 Å². The molecule has 0 aliphatic carbocycles. The lowest BCUT2D eigenvalue weighted by molar-refractivity contribution is -0.275. The Balaban J connectivity index is 2.00. The molecule has 0 spiro atoms. The second kappa shape index (κ2) is 12.8. The number of hydrogen-bond acceptors (Lipinski definition) is 9. The maximum Gasteiger partial charge on any atom is 0.311 e. The van der Waals surface area contributed by atoms with Gasteiger partial charge < -0.3 is 24.3 Å². The van der Waals surface area contributed by atoms with Gasteiger partial charge in [0, 0.05) is 13.0 Å². The van der Waals surface area contributed by atoms with Crippen LogP contribution in [-0.4, -0.2) is 79.8 Å². The summed E-state index contributed by atoms with van der Waals surface area (Å²) >= 11 is 0. The molecule has 38 heavy (non-hydrogen) atoms. The van der Waals surface area contributed by atoms with E-state index in [4.69, 9.17) is 9.47 Å². The standard InChI is InChI=1S/C26H30N2O9S/c1-18(2)14-27(38(34,35)21-11-7-4-8-12-21)25(31)24(30)23(29)22(13-19-9-5-3-6-10-19)28(26(32)33)20-15-36-17-37-16-20/h3-12,18,20,22H,13-17H2,1-2H3,(H,32,33)/p-1. The highest BCUT2D eigenvalue weighted by molar-refractivity contribution is 7.89. The van der Waals surface area contributed by atoms with Gasteiger partial charge in [-0.15, -0.1) is 0 Å². The van der Waals surface area contributed by atoms with Crippen LogP contribution < -0.4 is 5.11 Å². The van der Waals surface area contributed by atoms with Gasteiger partial charge in [-0.2, -0.15) is 0 Å². The van der Waals surface area contributed by atoms with Gasteiger partial charge in [0.2, 0.25) is 5.78 Å². The second-order valence-corrected chi connectivity index (χ2v) is 11.0. The molecule has 2 aromatic rings. The molecular weight excluding hydrogens is 516 g/mol. The van der Waals surface area contributed by atoms with E-state index in [1.807, 2.05) is 0 Å². The normalized spacial score (nSPS) is 15.0. The Morgan fingerprint density at radius 1 is 0.947 bits per heavy atom. The van der Waals surface area contributed by atoms with Crippen molar-refractivity contribution in [2.45, 2.75) is 37.2 Å². The first-order chi connectivity index (χ1) is 18.0. The first kappa shape index (κ1) is 29.0. The van der Waals surface area contributed by atoms with Crippen molar-refractivity contribution in [1.82, 2.24) is 9.21 Å². The molecule has 1 unspecified atom stereocenters. The summed E-state index contributed by atoms with van der Waals surface area (Å²) in [5.41, 5.74) is 0.505. The lowest BCUT2D eigenvalue weighted by atomic mass is 9.96. The number of carboxylic acid groups (broad SMARTS) is 1. The highest BCUT2D eigenvalue weighted by Crippen LogP contribution is 2.20. The van der Waals surface area contributed by atoms with Crippen molar-refractivity contribution < 1.29 is 42.2 Å². The third kappa shape index (κ3) is 6.82. The number of ether oxygens (including phenoxy) is 2. The molecule has 0 radical (unpaired) electrons. The number of nitrogens with zero attached hydrogens (tertiary/aromatic N) is 2.